The molecule has 110 valence electrons. The summed E-state index contributed by atoms with van der Waals surface area (Å²) in [5, 5.41) is 1.62. The van der Waals surface area contributed by atoms with Crippen LogP contribution in [0.4, 0.5) is 13.2 Å². The van der Waals surface area contributed by atoms with Crippen molar-refractivity contribution in [3.8, 4) is 0 Å². The first kappa shape index (κ1) is 17.5. The molecular formula is C12H18F3NO3. The van der Waals surface area contributed by atoms with Crippen LogP contribution in [0.15, 0.2) is 12.7 Å². The summed E-state index contributed by atoms with van der Waals surface area (Å²) in [5.41, 5.74) is 0. The molecule has 0 heterocycles. The minimum Gasteiger partial charge on any atom is -0.464 e. The number of carbonyl (C=O) groups is 2. The fourth-order valence-electron chi connectivity index (χ4n) is 1.10. The van der Waals surface area contributed by atoms with Crippen LogP contribution in [-0.4, -0.2) is 30.7 Å². The first-order chi connectivity index (χ1) is 8.59. The van der Waals surface area contributed by atoms with Gasteiger partial charge in [-0.15, -0.1) is 6.58 Å². The molecule has 0 rings (SSSR count). The fraction of sp³-hybridized carbons (Fsp3) is 0.667. The van der Waals surface area contributed by atoms with Crippen LogP contribution in [0.2, 0.25) is 0 Å². The molecule has 0 spiro atoms. The number of rotatable bonds is 6. The normalized spacial score (nSPS) is 14.7. The Morgan fingerprint density at radius 3 is 2.21 bits per heavy atom. The lowest BCUT2D eigenvalue weighted by Gasteiger charge is -2.22. The minimum atomic E-state index is -5.04. The van der Waals surface area contributed by atoms with Gasteiger partial charge >= 0.3 is 18.1 Å². The van der Waals surface area contributed by atoms with Gasteiger partial charge in [0.1, 0.15) is 6.04 Å². The average molecular weight is 281 g/mol. The van der Waals surface area contributed by atoms with Gasteiger partial charge in [0.15, 0.2) is 0 Å². The van der Waals surface area contributed by atoms with E-state index in [4.69, 9.17) is 4.74 Å². The monoisotopic (exact) mass is 281 g/mol. The van der Waals surface area contributed by atoms with E-state index >= 15 is 0 Å². The number of ether oxygens (including phenoxy) is 1. The molecule has 2 atom stereocenters. The van der Waals surface area contributed by atoms with Crippen LogP contribution in [0.5, 0.6) is 0 Å². The standard InChI is InChI=1S/C12H18F3NO3/c1-5-8(4)9(10(17)19-6-7(2)3)16-11(18)12(13,14)15/h5,7-9H,1,6H2,2-4H3,(H,16,18)/t8-,9-/m0/s1. The van der Waals surface area contributed by atoms with Crippen molar-refractivity contribution < 1.29 is 27.5 Å². The second-order valence-electron chi connectivity index (χ2n) is 4.57. The highest BCUT2D eigenvalue weighted by Gasteiger charge is 2.41. The fourth-order valence-corrected chi connectivity index (χ4v) is 1.10. The largest absolute Gasteiger partial charge is 0.471 e. The average Bonchev–Trinajstić information content (AvgIpc) is 2.30. The molecule has 0 aromatic rings. The summed E-state index contributed by atoms with van der Waals surface area (Å²) >= 11 is 0. The van der Waals surface area contributed by atoms with Crippen LogP contribution >= 0.6 is 0 Å². The third-order valence-electron chi connectivity index (χ3n) is 2.25. The van der Waals surface area contributed by atoms with Gasteiger partial charge in [0, 0.05) is 5.92 Å². The molecule has 4 nitrogen and oxygen atoms in total. The second kappa shape index (κ2) is 7.16. The minimum absolute atomic E-state index is 0.0435. The van der Waals surface area contributed by atoms with Crippen LogP contribution in [0, 0.1) is 11.8 Å². The van der Waals surface area contributed by atoms with Crippen LogP contribution in [0.25, 0.3) is 0 Å². The Bertz CT molecular complexity index is 340. The van der Waals surface area contributed by atoms with Crippen molar-refractivity contribution in [3.63, 3.8) is 0 Å². The SMILES string of the molecule is C=C[C@H](C)[C@H](NC(=O)C(F)(F)F)C(=O)OCC(C)C. The number of carbonyl (C=O) groups excluding carboxylic acids is 2. The molecule has 1 N–H and O–H groups in total. The summed E-state index contributed by atoms with van der Waals surface area (Å²) in [6, 6.07) is -1.40. The van der Waals surface area contributed by atoms with E-state index in [1.54, 1.807) is 19.2 Å². The summed E-state index contributed by atoms with van der Waals surface area (Å²) in [4.78, 5) is 22.5. The van der Waals surface area contributed by atoms with Gasteiger partial charge in [-0.1, -0.05) is 26.8 Å². The van der Waals surface area contributed by atoms with Gasteiger partial charge in [-0.3, -0.25) is 4.79 Å². The number of halogens is 3. The van der Waals surface area contributed by atoms with Gasteiger partial charge in [0.05, 0.1) is 6.61 Å². The molecule has 19 heavy (non-hydrogen) atoms. The number of nitrogens with one attached hydrogen (secondary N) is 1. The Morgan fingerprint density at radius 1 is 1.32 bits per heavy atom. The molecule has 0 saturated heterocycles. The predicted molar refractivity (Wildman–Crippen MR) is 63.1 cm³/mol. The third kappa shape index (κ3) is 6.26. The zero-order chi connectivity index (χ0) is 15.2. The molecule has 0 fully saturated rings. The molecule has 0 aromatic heterocycles. The maximum atomic E-state index is 12.2. The number of esters is 1. The Labute approximate surface area is 110 Å². The Kier molecular flexibility index (Phi) is 6.58. The topological polar surface area (TPSA) is 55.4 Å². The van der Waals surface area contributed by atoms with Gasteiger partial charge in [-0.25, -0.2) is 4.79 Å². The summed E-state index contributed by atoms with van der Waals surface area (Å²) < 4.78 is 41.3. The molecule has 0 aromatic carbocycles. The van der Waals surface area contributed by atoms with Gasteiger partial charge in [-0.2, -0.15) is 13.2 Å². The molecule has 0 radical (unpaired) electrons. The summed E-state index contributed by atoms with van der Waals surface area (Å²) in [6.45, 7) is 8.49. The van der Waals surface area contributed by atoms with Crippen LogP contribution in [-0.2, 0) is 14.3 Å². The van der Waals surface area contributed by atoms with Crippen molar-refractivity contribution in [2.75, 3.05) is 6.61 Å². The highest BCUT2D eigenvalue weighted by molar-refractivity contribution is 5.87. The van der Waals surface area contributed by atoms with E-state index in [9.17, 15) is 22.8 Å². The molecule has 0 saturated carbocycles. The van der Waals surface area contributed by atoms with E-state index in [1.165, 1.54) is 13.0 Å². The van der Waals surface area contributed by atoms with Crippen molar-refractivity contribution in [1.82, 2.24) is 5.32 Å². The molecular weight excluding hydrogens is 263 g/mol. The van der Waals surface area contributed by atoms with Gasteiger partial charge in [0.2, 0.25) is 0 Å². The number of amides is 1. The first-order valence-corrected chi connectivity index (χ1v) is 5.76. The lowest BCUT2D eigenvalue weighted by molar-refractivity contribution is -0.176. The van der Waals surface area contributed by atoms with E-state index < -0.39 is 30.0 Å². The maximum Gasteiger partial charge on any atom is 0.471 e. The summed E-state index contributed by atoms with van der Waals surface area (Å²) in [5.74, 6) is -3.71. The van der Waals surface area contributed by atoms with E-state index in [0.29, 0.717) is 0 Å². The van der Waals surface area contributed by atoms with Gasteiger partial charge in [0.25, 0.3) is 0 Å². The van der Waals surface area contributed by atoms with Crippen LogP contribution in [0.1, 0.15) is 20.8 Å². The van der Waals surface area contributed by atoms with Crippen molar-refractivity contribution in [3.05, 3.63) is 12.7 Å². The Hall–Kier alpha value is -1.53. The van der Waals surface area contributed by atoms with Crippen LogP contribution < -0.4 is 5.32 Å². The highest BCUT2D eigenvalue weighted by atomic mass is 19.4. The number of hydrogen-bond donors (Lipinski definition) is 1. The molecule has 0 unspecified atom stereocenters. The molecule has 0 bridgehead atoms. The molecule has 0 aliphatic carbocycles. The third-order valence-corrected chi connectivity index (χ3v) is 2.25. The Balaban J connectivity index is 4.78. The van der Waals surface area contributed by atoms with E-state index in [2.05, 4.69) is 6.58 Å². The van der Waals surface area contributed by atoms with E-state index in [0.717, 1.165) is 0 Å². The van der Waals surface area contributed by atoms with E-state index in [1.807, 2.05) is 0 Å². The highest BCUT2D eigenvalue weighted by Crippen LogP contribution is 2.16. The number of alkyl halides is 3. The van der Waals surface area contributed by atoms with Crippen molar-refractivity contribution in [1.29, 1.82) is 0 Å². The second-order valence-corrected chi connectivity index (χ2v) is 4.57. The number of hydrogen-bond acceptors (Lipinski definition) is 3. The van der Waals surface area contributed by atoms with Crippen molar-refractivity contribution >= 4 is 11.9 Å². The maximum absolute atomic E-state index is 12.2. The molecule has 0 aliphatic heterocycles. The molecule has 0 aliphatic rings. The van der Waals surface area contributed by atoms with Gasteiger partial charge in [-0.05, 0) is 5.92 Å². The van der Waals surface area contributed by atoms with Crippen molar-refractivity contribution in [2.45, 2.75) is 33.0 Å². The molecule has 1 amide bonds. The van der Waals surface area contributed by atoms with Gasteiger partial charge < -0.3 is 10.1 Å². The zero-order valence-electron chi connectivity index (χ0n) is 11.1. The Morgan fingerprint density at radius 2 is 1.84 bits per heavy atom. The first-order valence-electron chi connectivity index (χ1n) is 5.76. The van der Waals surface area contributed by atoms with Crippen LogP contribution in [0.3, 0.4) is 0 Å². The zero-order valence-corrected chi connectivity index (χ0v) is 11.1. The lowest BCUT2D eigenvalue weighted by atomic mass is 10.0. The van der Waals surface area contributed by atoms with E-state index in [-0.39, 0.29) is 12.5 Å². The predicted octanol–water partition coefficient (Wildman–Crippen LogP) is 2.05. The lowest BCUT2D eigenvalue weighted by Crippen LogP contribution is -2.50. The molecule has 7 heteroatoms. The summed E-state index contributed by atoms with van der Waals surface area (Å²) in [6.07, 6.45) is -3.77. The smallest absolute Gasteiger partial charge is 0.464 e. The van der Waals surface area contributed by atoms with Crippen molar-refractivity contribution in [2.24, 2.45) is 11.8 Å². The quantitative estimate of drug-likeness (QED) is 0.599. The summed E-state index contributed by atoms with van der Waals surface area (Å²) in [7, 11) is 0.